The monoisotopic (exact) mass is 463 g/mol. The minimum atomic E-state index is -0.375. The zero-order chi connectivity index (χ0) is 24.1. The van der Waals surface area contributed by atoms with Crippen LogP contribution in [0.15, 0.2) is 54.7 Å². The second kappa shape index (κ2) is 10.5. The molecule has 0 unspecified atom stereocenters. The van der Waals surface area contributed by atoms with Crippen LogP contribution in [0.5, 0.6) is 5.75 Å². The quantitative estimate of drug-likeness (QED) is 0.534. The number of carbonyl (C=O) groups excluding carboxylic acids is 2. The highest BCUT2D eigenvalue weighted by Gasteiger charge is 2.32. The zero-order valence-corrected chi connectivity index (χ0v) is 19.7. The number of pyridine rings is 1. The first-order valence-electron chi connectivity index (χ1n) is 11.1. The van der Waals surface area contributed by atoms with Gasteiger partial charge >= 0.3 is 0 Å². The third-order valence-corrected chi connectivity index (χ3v) is 5.73. The molecule has 9 nitrogen and oxygen atoms in total. The van der Waals surface area contributed by atoms with Crippen molar-refractivity contribution >= 4 is 11.8 Å². The highest BCUT2D eigenvalue weighted by molar-refractivity contribution is 5.95. The number of hydrogen-bond donors (Lipinski definition) is 0. The lowest BCUT2D eigenvalue weighted by molar-refractivity contribution is -0.132. The number of aryl methyl sites for hydroxylation is 2. The van der Waals surface area contributed by atoms with Crippen molar-refractivity contribution in [1.82, 2.24) is 24.6 Å². The van der Waals surface area contributed by atoms with Crippen LogP contribution in [0.4, 0.5) is 0 Å². The summed E-state index contributed by atoms with van der Waals surface area (Å²) in [6, 6.07) is 15.0. The average Bonchev–Trinajstić information content (AvgIpc) is 3.10. The number of carbonyl (C=O) groups is 2. The second-order valence-electron chi connectivity index (χ2n) is 8.36. The fourth-order valence-corrected chi connectivity index (χ4v) is 4.03. The van der Waals surface area contributed by atoms with Crippen molar-refractivity contribution in [3.05, 3.63) is 77.4 Å². The fourth-order valence-electron chi connectivity index (χ4n) is 4.03. The summed E-state index contributed by atoms with van der Waals surface area (Å²) in [5.41, 5.74) is 2.92. The van der Waals surface area contributed by atoms with E-state index in [4.69, 9.17) is 9.47 Å². The zero-order valence-electron chi connectivity index (χ0n) is 19.7. The van der Waals surface area contributed by atoms with Crippen molar-refractivity contribution in [2.75, 3.05) is 26.7 Å². The lowest BCUT2D eigenvalue weighted by Gasteiger charge is -2.25. The smallest absolute Gasteiger partial charge is 0.272 e. The van der Waals surface area contributed by atoms with Crippen LogP contribution in [-0.2, 0) is 29.7 Å². The number of aromatic nitrogens is 3. The summed E-state index contributed by atoms with van der Waals surface area (Å²) in [5, 5.41) is 4.27. The molecule has 0 saturated carbocycles. The Balaban J connectivity index is 1.55. The summed E-state index contributed by atoms with van der Waals surface area (Å²) < 4.78 is 13.1. The van der Waals surface area contributed by atoms with Crippen molar-refractivity contribution in [2.45, 2.75) is 26.2 Å². The summed E-state index contributed by atoms with van der Waals surface area (Å²) in [6.07, 6.45) is 1.33. The molecule has 3 aromatic rings. The summed E-state index contributed by atoms with van der Waals surface area (Å²) in [4.78, 5) is 34.1. The number of benzene rings is 1. The van der Waals surface area contributed by atoms with E-state index in [2.05, 4.69) is 10.1 Å². The van der Waals surface area contributed by atoms with Gasteiger partial charge < -0.3 is 19.3 Å². The van der Waals surface area contributed by atoms with Gasteiger partial charge in [-0.05, 0) is 42.8 Å². The van der Waals surface area contributed by atoms with E-state index in [1.54, 1.807) is 40.9 Å². The number of nitrogens with zero attached hydrogens (tertiary/aromatic N) is 5. The van der Waals surface area contributed by atoms with Crippen LogP contribution in [0.3, 0.4) is 0 Å². The van der Waals surface area contributed by atoms with E-state index in [0.717, 1.165) is 22.7 Å². The Labute approximate surface area is 198 Å². The standard InChI is InChI=1S/C25H29N5O4/c1-18-11-23(28(2)27-18)25(32)30-15-22(34-17-19-7-6-9-21(12-19)33-3)14-29(24(31)16-30)13-20-8-4-5-10-26-20/h4-12,22H,13-17H2,1-3H3/t22-/m1/s1. The number of rotatable bonds is 7. The molecule has 1 aliphatic heterocycles. The molecule has 4 rings (SSSR count). The van der Waals surface area contributed by atoms with Gasteiger partial charge in [-0.2, -0.15) is 5.10 Å². The Hall–Kier alpha value is -3.72. The molecular weight excluding hydrogens is 434 g/mol. The molecule has 0 bridgehead atoms. The topological polar surface area (TPSA) is 89.8 Å². The average molecular weight is 464 g/mol. The van der Waals surface area contributed by atoms with Gasteiger partial charge in [0.15, 0.2) is 0 Å². The summed E-state index contributed by atoms with van der Waals surface area (Å²) in [5.74, 6) is 0.355. The van der Waals surface area contributed by atoms with E-state index < -0.39 is 0 Å². The summed E-state index contributed by atoms with van der Waals surface area (Å²) in [6.45, 7) is 3.13. The van der Waals surface area contributed by atoms with E-state index in [1.165, 1.54) is 0 Å². The summed E-state index contributed by atoms with van der Waals surface area (Å²) in [7, 11) is 3.35. The normalized spacial score (nSPS) is 16.4. The molecule has 178 valence electrons. The number of hydrogen-bond acceptors (Lipinski definition) is 6. The number of amides is 2. The fraction of sp³-hybridized carbons (Fsp3) is 0.360. The van der Waals surface area contributed by atoms with Crippen LogP contribution in [0.2, 0.25) is 0 Å². The molecule has 34 heavy (non-hydrogen) atoms. The first-order chi connectivity index (χ1) is 16.4. The molecule has 0 aliphatic carbocycles. The van der Waals surface area contributed by atoms with Crippen LogP contribution in [-0.4, -0.2) is 69.2 Å². The predicted molar refractivity (Wildman–Crippen MR) is 125 cm³/mol. The van der Waals surface area contributed by atoms with E-state index in [1.807, 2.05) is 49.4 Å². The van der Waals surface area contributed by atoms with Crippen LogP contribution in [0.25, 0.3) is 0 Å². The number of methoxy groups -OCH3 is 1. The van der Waals surface area contributed by atoms with E-state index >= 15 is 0 Å². The van der Waals surface area contributed by atoms with Crippen molar-refractivity contribution in [1.29, 1.82) is 0 Å². The SMILES string of the molecule is COc1cccc(CO[C@@H]2CN(Cc3ccccn3)C(=O)CN(C(=O)c3cc(C)nn3C)C2)c1. The van der Waals surface area contributed by atoms with Gasteiger partial charge in [-0.25, -0.2) is 0 Å². The van der Waals surface area contributed by atoms with Gasteiger partial charge in [-0.3, -0.25) is 19.3 Å². The Bertz CT molecular complexity index is 1150. The number of ether oxygens (including phenoxy) is 2. The lowest BCUT2D eigenvalue weighted by Crippen LogP contribution is -2.40. The van der Waals surface area contributed by atoms with Gasteiger partial charge in [-0.15, -0.1) is 0 Å². The molecule has 9 heteroatoms. The molecule has 0 radical (unpaired) electrons. The Morgan fingerprint density at radius 2 is 2.00 bits per heavy atom. The predicted octanol–water partition coefficient (Wildman–Crippen LogP) is 2.20. The van der Waals surface area contributed by atoms with Crippen LogP contribution in [0, 0.1) is 6.92 Å². The molecular formula is C25H29N5O4. The maximum atomic E-state index is 13.3. The Morgan fingerprint density at radius 3 is 2.71 bits per heavy atom. The van der Waals surface area contributed by atoms with Crippen molar-refractivity contribution in [3.8, 4) is 5.75 Å². The molecule has 1 saturated heterocycles. The first-order valence-corrected chi connectivity index (χ1v) is 11.1. The molecule has 3 heterocycles. The molecule has 1 aromatic carbocycles. The van der Waals surface area contributed by atoms with E-state index in [9.17, 15) is 9.59 Å². The van der Waals surface area contributed by atoms with Gasteiger partial charge in [0.1, 0.15) is 18.0 Å². The van der Waals surface area contributed by atoms with Crippen LogP contribution in [0.1, 0.15) is 27.4 Å². The highest BCUT2D eigenvalue weighted by atomic mass is 16.5. The molecule has 0 N–H and O–H groups in total. The van der Waals surface area contributed by atoms with Crippen molar-refractivity contribution in [3.63, 3.8) is 0 Å². The maximum absolute atomic E-state index is 13.3. The van der Waals surface area contributed by atoms with Gasteiger partial charge in [-0.1, -0.05) is 18.2 Å². The maximum Gasteiger partial charge on any atom is 0.272 e. The molecule has 1 atom stereocenters. The van der Waals surface area contributed by atoms with E-state index in [-0.39, 0.29) is 31.0 Å². The van der Waals surface area contributed by atoms with E-state index in [0.29, 0.717) is 25.4 Å². The summed E-state index contributed by atoms with van der Waals surface area (Å²) >= 11 is 0. The molecule has 1 aliphatic rings. The van der Waals surface area contributed by atoms with Crippen LogP contribution < -0.4 is 4.74 Å². The molecule has 2 amide bonds. The van der Waals surface area contributed by atoms with Crippen LogP contribution >= 0.6 is 0 Å². The van der Waals surface area contributed by atoms with Crippen molar-refractivity contribution < 1.29 is 19.1 Å². The minimum Gasteiger partial charge on any atom is -0.497 e. The highest BCUT2D eigenvalue weighted by Crippen LogP contribution is 2.18. The Kier molecular flexibility index (Phi) is 7.22. The van der Waals surface area contributed by atoms with Gasteiger partial charge in [0.25, 0.3) is 5.91 Å². The van der Waals surface area contributed by atoms with Crippen molar-refractivity contribution in [2.24, 2.45) is 7.05 Å². The lowest BCUT2D eigenvalue weighted by atomic mass is 10.2. The largest absolute Gasteiger partial charge is 0.497 e. The first kappa shape index (κ1) is 23.4. The third kappa shape index (κ3) is 5.60. The Morgan fingerprint density at radius 1 is 1.15 bits per heavy atom. The molecule has 0 spiro atoms. The van der Waals surface area contributed by atoms with Gasteiger partial charge in [0, 0.05) is 26.3 Å². The molecule has 1 fully saturated rings. The third-order valence-electron chi connectivity index (χ3n) is 5.73. The van der Waals surface area contributed by atoms with Gasteiger partial charge in [0.2, 0.25) is 5.91 Å². The second-order valence-corrected chi connectivity index (χ2v) is 8.36. The van der Waals surface area contributed by atoms with Gasteiger partial charge in [0.05, 0.1) is 37.8 Å². The molecule has 2 aromatic heterocycles. The minimum absolute atomic E-state index is 0.0328.